The van der Waals surface area contributed by atoms with Crippen molar-refractivity contribution >= 4 is 11.7 Å². The topological polar surface area (TPSA) is 111 Å². The Bertz CT molecular complexity index is 851. The zero-order valence-corrected chi connectivity index (χ0v) is 15.0. The molecule has 2 aliphatic rings. The monoisotopic (exact) mass is 356 g/mol. The average Bonchev–Trinajstić information content (AvgIpc) is 3.03. The first-order valence-electron chi connectivity index (χ1n) is 8.09. The summed E-state index contributed by atoms with van der Waals surface area (Å²) in [6.07, 6.45) is -0.700. The number of nitrogens with two attached hydrogens (primary N) is 1. The van der Waals surface area contributed by atoms with Crippen LogP contribution in [0.25, 0.3) is 0 Å². The molecule has 0 amide bonds. The summed E-state index contributed by atoms with van der Waals surface area (Å²) in [6.45, 7) is 3.87. The van der Waals surface area contributed by atoms with Gasteiger partial charge in [-0.25, -0.2) is 0 Å². The fraction of sp³-hybridized carbons (Fsp3) is 0.389. The highest BCUT2D eigenvalue weighted by Gasteiger charge is 2.41. The number of rotatable bonds is 4. The summed E-state index contributed by atoms with van der Waals surface area (Å²) in [6, 6.07) is 7.77. The molecule has 3 rings (SSSR count). The van der Waals surface area contributed by atoms with E-state index in [9.17, 15) is 5.26 Å². The number of amidine groups is 1. The molecule has 1 aromatic rings. The van der Waals surface area contributed by atoms with Crippen molar-refractivity contribution in [1.29, 1.82) is 5.26 Å². The van der Waals surface area contributed by atoms with Crippen LogP contribution in [0.2, 0.25) is 0 Å². The van der Waals surface area contributed by atoms with E-state index >= 15 is 0 Å². The van der Waals surface area contributed by atoms with Crippen LogP contribution in [0.4, 0.5) is 0 Å². The zero-order chi connectivity index (χ0) is 18.8. The fourth-order valence-electron chi connectivity index (χ4n) is 2.90. The van der Waals surface area contributed by atoms with Gasteiger partial charge < -0.3 is 24.7 Å². The molecule has 136 valence electrons. The number of hydrogen-bond donors (Lipinski definition) is 1. The van der Waals surface area contributed by atoms with E-state index < -0.39 is 12.1 Å². The average molecular weight is 356 g/mol. The molecule has 0 aromatic heterocycles. The minimum atomic E-state index is -0.704. The van der Waals surface area contributed by atoms with Gasteiger partial charge >= 0.3 is 6.02 Å². The van der Waals surface area contributed by atoms with Gasteiger partial charge in [-0.1, -0.05) is 6.07 Å². The molecule has 0 bridgehead atoms. The second-order valence-corrected chi connectivity index (χ2v) is 6.02. The number of methoxy groups -OCH3 is 2. The van der Waals surface area contributed by atoms with Crippen molar-refractivity contribution in [2.24, 2.45) is 15.7 Å². The third kappa shape index (κ3) is 3.04. The lowest BCUT2D eigenvalue weighted by atomic mass is 9.85. The quantitative estimate of drug-likeness (QED) is 0.884. The molecular weight excluding hydrogens is 336 g/mol. The van der Waals surface area contributed by atoms with Crippen molar-refractivity contribution in [3.8, 4) is 17.6 Å². The Morgan fingerprint density at radius 2 is 2.00 bits per heavy atom. The van der Waals surface area contributed by atoms with Gasteiger partial charge in [-0.15, -0.1) is 0 Å². The second-order valence-electron chi connectivity index (χ2n) is 6.02. The highest BCUT2D eigenvalue weighted by Crippen LogP contribution is 2.39. The molecule has 2 unspecified atom stereocenters. The van der Waals surface area contributed by atoms with Crippen molar-refractivity contribution in [3.63, 3.8) is 0 Å². The number of fused-ring (bicyclic) bond motifs is 1. The number of aliphatic imine (C=N–C) groups is 2. The molecule has 0 aliphatic carbocycles. The number of ether oxygens (including phenoxy) is 4. The van der Waals surface area contributed by atoms with Gasteiger partial charge in [0.2, 0.25) is 12.1 Å². The minimum absolute atomic E-state index is 0.00397. The molecule has 2 aliphatic heterocycles. The summed E-state index contributed by atoms with van der Waals surface area (Å²) < 4.78 is 21.8. The van der Waals surface area contributed by atoms with Crippen molar-refractivity contribution in [3.05, 3.63) is 35.2 Å². The van der Waals surface area contributed by atoms with Crippen LogP contribution in [-0.4, -0.2) is 38.3 Å². The predicted molar refractivity (Wildman–Crippen MR) is 95.1 cm³/mol. The Labute approximate surface area is 151 Å². The Balaban J connectivity index is 2.08. The van der Waals surface area contributed by atoms with Crippen LogP contribution in [0.1, 0.15) is 25.3 Å². The molecule has 2 heterocycles. The molecule has 8 nitrogen and oxygen atoms in total. The Morgan fingerprint density at radius 3 is 2.62 bits per heavy atom. The van der Waals surface area contributed by atoms with Gasteiger partial charge in [-0.2, -0.15) is 15.2 Å². The van der Waals surface area contributed by atoms with E-state index in [1.54, 1.807) is 13.2 Å². The summed E-state index contributed by atoms with van der Waals surface area (Å²) in [5.41, 5.74) is 7.53. The first-order chi connectivity index (χ1) is 12.5. The van der Waals surface area contributed by atoms with Crippen LogP contribution in [0.5, 0.6) is 11.5 Å². The zero-order valence-electron chi connectivity index (χ0n) is 15.0. The first-order valence-corrected chi connectivity index (χ1v) is 8.09. The largest absolute Gasteiger partial charge is 0.493 e. The van der Waals surface area contributed by atoms with Crippen LogP contribution >= 0.6 is 0 Å². The Kier molecular flexibility index (Phi) is 4.71. The molecule has 8 heteroatoms. The molecule has 2 N–H and O–H groups in total. The van der Waals surface area contributed by atoms with Gasteiger partial charge in [-0.3, -0.25) is 0 Å². The lowest BCUT2D eigenvalue weighted by Crippen LogP contribution is -2.34. The first kappa shape index (κ1) is 17.6. The second kappa shape index (κ2) is 6.96. The lowest BCUT2D eigenvalue weighted by Gasteiger charge is -2.28. The third-order valence-electron chi connectivity index (χ3n) is 3.98. The summed E-state index contributed by atoms with van der Waals surface area (Å²) >= 11 is 0. The van der Waals surface area contributed by atoms with Gasteiger partial charge in [0.25, 0.3) is 0 Å². The summed E-state index contributed by atoms with van der Waals surface area (Å²) in [4.78, 5) is 8.56. The van der Waals surface area contributed by atoms with E-state index in [1.165, 1.54) is 7.11 Å². The standard InChI is InChI=1S/C18H20N4O4/c1-9(2)25-12-6-5-10(7-13(12)23-3)14-11(8-19)16(20)26-17-15(14)21-18(22-17)24-4/h5-7,9,14,17H,20H2,1-4H3. The van der Waals surface area contributed by atoms with E-state index in [0.29, 0.717) is 17.2 Å². The maximum Gasteiger partial charge on any atom is 0.315 e. The van der Waals surface area contributed by atoms with Crippen molar-refractivity contribution in [2.45, 2.75) is 32.1 Å². The summed E-state index contributed by atoms with van der Waals surface area (Å²) in [5, 5.41) is 9.59. The van der Waals surface area contributed by atoms with Gasteiger partial charge in [0, 0.05) is 0 Å². The van der Waals surface area contributed by atoms with Gasteiger partial charge in [0.1, 0.15) is 11.6 Å². The van der Waals surface area contributed by atoms with Crippen molar-refractivity contribution in [1.82, 2.24) is 0 Å². The normalized spacial score (nSPS) is 21.4. The molecular formula is C18H20N4O4. The number of nitrogens with zero attached hydrogens (tertiary/aromatic N) is 3. The number of allylic oxidation sites excluding steroid dienone is 1. The molecule has 0 radical (unpaired) electrons. The van der Waals surface area contributed by atoms with Gasteiger partial charge in [0.15, 0.2) is 11.5 Å². The van der Waals surface area contributed by atoms with Crippen LogP contribution in [0.3, 0.4) is 0 Å². The predicted octanol–water partition coefficient (Wildman–Crippen LogP) is 2.07. The van der Waals surface area contributed by atoms with Gasteiger partial charge in [-0.05, 0) is 31.5 Å². The van der Waals surface area contributed by atoms with Crippen LogP contribution in [0, 0.1) is 11.3 Å². The molecule has 2 atom stereocenters. The molecule has 0 saturated heterocycles. The highest BCUT2D eigenvalue weighted by atomic mass is 16.5. The van der Waals surface area contributed by atoms with E-state index in [-0.39, 0.29) is 23.6 Å². The number of nitriles is 1. The van der Waals surface area contributed by atoms with E-state index in [4.69, 9.17) is 24.7 Å². The minimum Gasteiger partial charge on any atom is -0.493 e. The SMILES string of the molecule is COC1=NC2OC(N)=C(C#N)C(c3ccc(OC(C)C)c(OC)c3)C2=N1. The molecule has 0 spiro atoms. The van der Waals surface area contributed by atoms with Crippen LogP contribution < -0.4 is 15.2 Å². The maximum absolute atomic E-state index is 9.59. The van der Waals surface area contributed by atoms with Crippen molar-refractivity contribution in [2.75, 3.05) is 14.2 Å². The van der Waals surface area contributed by atoms with Crippen molar-refractivity contribution < 1.29 is 18.9 Å². The summed E-state index contributed by atoms with van der Waals surface area (Å²) in [5.74, 6) is 0.704. The van der Waals surface area contributed by atoms with Crippen LogP contribution in [0.15, 0.2) is 39.6 Å². The fourth-order valence-corrected chi connectivity index (χ4v) is 2.90. The Hall–Kier alpha value is -3.21. The Morgan fingerprint density at radius 1 is 1.23 bits per heavy atom. The smallest absolute Gasteiger partial charge is 0.315 e. The molecule has 0 saturated carbocycles. The van der Waals surface area contributed by atoms with Gasteiger partial charge in [0.05, 0.1) is 32.0 Å². The number of benzene rings is 1. The van der Waals surface area contributed by atoms with E-state index in [2.05, 4.69) is 16.1 Å². The highest BCUT2D eigenvalue weighted by molar-refractivity contribution is 6.08. The third-order valence-corrected chi connectivity index (χ3v) is 3.98. The molecule has 0 fully saturated rings. The van der Waals surface area contributed by atoms with Crippen LogP contribution in [-0.2, 0) is 9.47 Å². The van der Waals surface area contributed by atoms with E-state index in [1.807, 2.05) is 26.0 Å². The lowest BCUT2D eigenvalue weighted by molar-refractivity contribution is 0.162. The van der Waals surface area contributed by atoms with E-state index in [0.717, 1.165) is 5.56 Å². The molecule has 1 aromatic carbocycles. The number of hydrogen-bond acceptors (Lipinski definition) is 8. The molecule has 26 heavy (non-hydrogen) atoms. The summed E-state index contributed by atoms with van der Waals surface area (Å²) in [7, 11) is 3.03. The maximum atomic E-state index is 9.59.